The monoisotopic (exact) mass is 549 g/mol. The van der Waals surface area contributed by atoms with Crippen molar-refractivity contribution >= 4 is 11.6 Å². The van der Waals surface area contributed by atoms with Crippen molar-refractivity contribution in [3.8, 4) is 28.4 Å². The predicted molar refractivity (Wildman–Crippen MR) is 165 cm³/mol. The summed E-state index contributed by atoms with van der Waals surface area (Å²) in [6, 6.07) is 37.8. The Morgan fingerprint density at radius 3 is 2.00 bits per heavy atom. The lowest BCUT2D eigenvalue weighted by Crippen LogP contribution is -2.24. The molecule has 40 heavy (non-hydrogen) atoms. The van der Waals surface area contributed by atoms with Crippen molar-refractivity contribution in [1.29, 1.82) is 0 Å². The zero-order valence-corrected chi connectivity index (χ0v) is 24.0. The SMILES string of the molecule is CCCCn1c(-c2ccccc2)nc(-c2ccccc2)c1CN(Cc1ccccc1)Cc1ccc(OC)c(Cl)c1. The third-order valence-electron chi connectivity index (χ3n) is 7.13. The van der Waals surface area contributed by atoms with Crippen molar-refractivity contribution in [1.82, 2.24) is 14.5 Å². The van der Waals surface area contributed by atoms with Gasteiger partial charge in [0.05, 0.1) is 23.5 Å². The summed E-state index contributed by atoms with van der Waals surface area (Å²) >= 11 is 6.53. The maximum absolute atomic E-state index is 6.53. The second-order valence-electron chi connectivity index (χ2n) is 10.1. The summed E-state index contributed by atoms with van der Waals surface area (Å²) in [5.41, 5.74) is 6.96. The average Bonchev–Trinajstić information content (AvgIpc) is 3.35. The smallest absolute Gasteiger partial charge is 0.140 e. The number of hydrogen-bond donors (Lipinski definition) is 0. The number of methoxy groups -OCH3 is 1. The molecule has 0 radical (unpaired) electrons. The number of unbranched alkanes of at least 4 members (excludes halogenated alkanes) is 1. The molecule has 0 N–H and O–H groups in total. The van der Waals surface area contributed by atoms with Crippen LogP contribution >= 0.6 is 11.6 Å². The van der Waals surface area contributed by atoms with Crippen molar-refractivity contribution in [2.45, 2.75) is 45.9 Å². The lowest BCUT2D eigenvalue weighted by atomic mass is 10.1. The first-order chi connectivity index (χ1) is 19.7. The van der Waals surface area contributed by atoms with Gasteiger partial charge in [-0.2, -0.15) is 0 Å². The third kappa shape index (κ3) is 6.64. The first kappa shape index (κ1) is 27.7. The maximum Gasteiger partial charge on any atom is 0.140 e. The van der Waals surface area contributed by atoms with Gasteiger partial charge in [-0.15, -0.1) is 0 Å². The van der Waals surface area contributed by atoms with Gasteiger partial charge in [-0.3, -0.25) is 4.90 Å². The highest BCUT2D eigenvalue weighted by atomic mass is 35.5. The summed E-state index contributed by atoms with van der Waals surface area (Å²) in [4.78, 5) is 7.79. The molecule has 0 aliphatic carbocycles. The molecule has 1 aromatic heterocycles. The van der Waals surface area contributed by atoms with Gasteiger partial charge in [0.15, 0.2) is 0 Å². The molecule has 4 aromatic carbocycles. The topological polar surface area (TPSA) is 30.3 Å². The zero-order valence-electron chi connectivity index (χ0n) is 23.3. The fourth-order valence-corrected chi connectivity index (χ4v) is 5.41. The molecule has 0 fully saturated rings. The van der Waals surface area contributed by atoms with Crippen LogP contribution < -0.4 is 4.74 Å². The summed E-state index contributed by atoms with van der Waals surface area (Å²) in [5.74, 6) is 1.71. The third-order valence-corrected chi connectivity index (χ3v) is 7.43. The van der Waals surface area contributed by atoms with Crippen molar-refractivity contribution in [2.75, 3.05) is 7.11 Å². The maximum atomic E-state index is 6.53. The molecule has 0 amide bonds. The number of nitrogens with zero attached hydrogens (tertiary/aromatic N) is 3. The molecule has 0 bridgehead atoms. The van der Waals surface area contributed by atoms with Gasteiger partial charge < -0.3 is 9.30 Å². The summed E-state index contributed by atoms with van der Waals surface area (Å²) in [5, 5.41) is 0.629. The lowest BCUT2D eigenvalue weighted by molar-refractivity contribution is 0.241. The van der Waals surface area contributed by atoms with E-state index in [-0.39, 0.29) is 0 Å². The Balaban J connectivity index is 1.60. The van der Waals surface area contributed by atoms with Crippen LogP contribution in [0.25, 0.3) is 22.6 Å². The summed E-state index contributed by atoms with van der Waals surface area (Å²) in [6.07, 6.45) is 2.20. The normalized spacial score (nSPS) is 11.2. The van der Waals surface area contributed by atoms with E-state index in [9.17, 15) is 0 Å². The lowest BCUT2D eigenvalue weighted by Gasteiger charge is -2.25. The van der Waals surface area contributed by atoms with Crippen LogP contribution in [0.1, 0.15) is 36.6 Å². The van der Waals surface area contributed by atoms with Crippen LogP contribution in [0.3, 0.4) is 0 Å². The van der Waals surface area contributed by atoms with Gasteiger partial charge in [-0.05, 0) is 29.7 Å². The highest BCUT2D eigenvalue weighted by molar-refractivity contribution is 6.32. The van der Waals surface area contributed by atoms with Crippen LogP contribution in [-0.2, 0) is 26.2 Å². The van der Waals surface area contributed by atoms with Gasteiger partial charge in [-0.1, -0.05) is 122 Å². The second-order valence-corrected chi connectivity index (χ2v) is 10.5. The van der Waals surface area contributed by atoms with E-state index in [1.807, 2.05) is 12.1 Å². The van der Waals surface area contributed by atoms with Gasteiger partial charge in [0.1, 0.15) is 11.6 Å². The van der Waals surface area contributed by atoms with Crippen LogP contribution in [0.15, 0.2) is 109 Å². The Morgan fingerprint density at radius 2 is 1.38 bits per heavy atom. The molecule has 0 spiro atoms. The number of rotatable bonds is 12. The molecule has 0 unspecified atom stereocenters. The fraction of sp³-hybridized carbons (Fsp3) is 0.229. The van der Waals surface area contributed by atoms with Crippen LogP contribution in [0.4, 0.5) is 0 Å². The van der Waals surface area contributed by atoms with Gasteiger partial charge >= 0.3 is 0 Å². The van der Waals surface area contributed by atoms with Crippen LogP contribution in [0.2, 0.25) is 5.02 Å². The molecular formula is C35H36ClN3O. The highest BCUT2D eigenvalue weighted by Crippen LogP contribution is 2.32. The molecule has 4 nitrogen and oxygen atoms in total. The molecular weight excluding hydrogens is 514 g/mol. The molecule has 0 aliphatic rings. The summed E-state index contributed by atoms with van der Waals surface area (Å²) in [6.45, 7) is 5.45. The molecule has 1 heterocycles. The molecule has 5 heteroatoms. The standard InChI is InChI=1S/C35H36ClN3O/c1-3-4-22-39-32(34(29-16-10-6-11-17-29)37-35(39)30-18-12-7-13-19-30)26-38(24-27-14-8-5-9-15-27)25-28-20-21-33(40-2)31(36)23-28/h5-21,23H,3-4,22,24-26H2,1-2H3. The van der Waals surface area contributed by atoms with Crippen LogP contribution in [0.5, 0.6) is 5.75 Å². The molecule has 204 valence electrons. The summed E-state index contributed by atoms with van der Waals surface area (Å²) < 4.78 is 7.85. The van der Waals surface area contributed by atoms with Crippen LogP contribution in [-0.4, -0.2) is 21.6 Å². The quantitative estimate of drug-likeness (QED) is 0.156. The number of halogens is 1. The molecule has 5 aromatic rings. The predicted octanol–water partition coefficient (Wildman–Crippen LogP) is 8.88. The zero-order chi connectivity index (χ0) is 27.7. The van der Waals surface area contributed by atoms with Gasteiger partial charge in [0.2, 0.25) is 0 Å². The van der Waals surface area contributed by atoms with Crippen LogP contribution in [0, 0.1) is 0 Å². The number of ether oxygens (including phenoxy) is 1. The average molecular weight is 550 g/mol. The van der Waals surface area contributed by atoms with E-state index in [2.05, 4.69) is 113 Å². The second kappa shape index (κ2) is 13.5. The Kier molecular flexibility index (Phi) is 9.33. The van der Waals surface area contributed by atoms with E-state index >= 15 is 0 Å². The first-order valence-corrected chi connectivity index (χ1v) is 14.3. The van der Waals surface area contributed by atoms with Crippen molar-refractivity contribution < 1.29 is 4.74 Å². The van der Waals surface area contributed by atoms with E-state index in [0.717, 1.165) is 67.2 Å². The Morgan fingerprint density at radius 1 is 0.750 bits per heavy atom. The van der Waals surface area contributed by atoms with Crippen molar-refractivity contribution in [2.24, 2.45) is 0 Å². The van der Waals surface area contributed by atoms with Crippen molar-refractivity contribution in [3.05, 3.63) is 131 Å². The molecule has 5 rings (SSSR count). The molecule has 0 saturated carbocycles. The minimum absolute atomic E-state index is 0.629. The minimum atomic E-state index is 0.629. The highest BCUT2D eigenvalue weighted by Gasteiger charge is 2.22. The Bertz CT molecular complexity index is 1500. The van der Waals surface area contributed by atoms with E-state index in [1.165, 1.54) is 11.3 Å². The van der Waals surface area contributed by atoms with E-state index in [1.54, 1.807) is 7.11 Å². The Hall–Kier alpha value is -3.86. The summed E-state index contributed by atoms with van der Waals surface area (Å²) in [7, 11) is 1.65. The van der Waals surface area contributed by atoms with E-state index < -0.39 is 0 Å². The molecule has 0 saturated heterocycles. The number of hydrogen-bond acceptors (Lipinski definition) is 3. The minimum Gasteiger partial charge on any atom is -0.495 e. The number of benzene rings is 4. The number of aromatic nitrogens is 2. The Labute approximate surface area is 242 Å². The van der Waals surface area contributed by atoms with Crippen molar-refractivity contribution in [3.63, 3.8) is 0 Å². The molecule has 0 aliphatic heterocycles. The molecule has 0 atom stereocenters. The van der Waals surface area contributed by atoms with Gasteiger partial charge in [0.25, 0.3) is 0 Å². The fourth-order valence-electron chi connectivity index (χ4n) is 5.13. The van der Waals surface area contributed by atoms with Gasteiger partial charge in [-0.25, -0.2) is 4.98 Å². The van der Waals surface area contributed by atoms with E-state index in [0.29, 0.717) is 10.8 Å². The number of imidazole rings is 1. The van der Waals surface area contributed by atoms with Gasteiger partial charge in [0, 0.05) is 37.3 Å². The van der Waals surface area contributed by atoms with E-state index in [4.69, 9.17) is 21.3 Å². The first-order valence-electron chi connectivity index (χ1n) is 13.9. The largest absolute Gasteiger partial charge is 0.495 e.